The van der Waals surface area contributed by atoms with Crippen LogP contribution in [0.1, 0.15) is 56.0 Å². The number of aryl methyl sites for hydroxylation is 2. The molecule has 0 amide bonds. The molecule has 1 aromatic carbocycles. The molecular formula is C20H27N5O2S. The molecule has 1 atom stereocenters. The highest BCUT2D eigenvalue weighted by atomic mass is 32.1. The van der Waals surface area contributed by atoms with Gasteiger partial charge in [0.15, 0.2) is 0 Å². The minimum atomic E-state index is -0.886. The molecule has 0 radical (unpaired) electrons. The van der Waals surface area contributed by atoms with Crippen LogP contribution in [0.2, 0.25) is 0 Å². The molecule has 7 nitrogen and oxygen atoms in total. The summed E-state index contributed by atoms with van der Waals surface area (Å²) in [6, 6.07) is 5.98. The number of aliphatic hydroxyl groups is 1. The number of unbranched alkanes of at least 4 members (excludes halogenated alkanes) is 3. The number of hydrogen-bond acceptors (Lipinski definition) is 8. The maximum Gasteiger partial charge on any atom is 0.226 e. The molecule has 0 saturated heterocycles. The second kappa shape index (κ2) is 8.89. The van der Waals surface area contributed by atoms with Gasteiger partial charge in [0.25, 0.3) is 0 Å². The van der Waals surface area contributed by atoms with Gasteiger partial charge in [-0.15, -0.1) is 10.2 Å². The van der Waals surface area contributed by atoms with Gasteiger partial charge in [-0.3, -0.25) is 0 Å². The molecule has 28 heavy (non-hydrogen) atoms. The van der Waals surface area contributed by atoms with Gasteiger partial charge in [0.05, 0.1) is 12.1 Å². The van der Waals surface area contributed by atoms with Crippen LogP contribution >= 0.6 is 11.3 Å². The van der Waals surface area contributed by atoms with Crippen LogP contribution in [-0.2, 0) is 12.0 Å². The zero-order valence-electron chi connectivity index (χ0n) is 16.6. The highest BCUT2D eigenvalue weighted by Gasteiger charge is 2.25. The molecule has 150 valence electrons. The summed E-state index contributed by atoms with van der Waals surface area (Å²) in [5.74, 6) is 1.30. The molecule has 3 rings (SSSR count). The highest BCUT2D eigenvalue weighted by molar-refractivity contribution is 7.14. The Morgan fingerprint density at radius 2 is 2.04 bits per heavy atom. The minimum Gasteiger partial charge on any atom is -0.394 e. The van der Waals surface area contributed by atoms with E-state index in [0.717, 1.165) is 34.5 Å². The zero-order valence-corrected chi connectivity index (χ0v) is 17.4. The number of aromatic nitrogens is 4. The number of rotatable bonds is 9. The molecular weight excluding hydrogens is 374 g/mol. The van der Waals surface area contributed by atoms with Crippen molar-refractivity contribution < 1.29 is 9.63 Å². The fourth-order valence-corrected chi connectivity index (χ4v) is 3.74. The number of aliphatic hydroxyl groups excluding tert-OH is 1. The van der Waals surface area contributed by atoms with Crippen LogP contribution in [-0.4, -0.2) is 32.1 Å². The van der Waals surface area contributed by atoms with E-state index in [2.05, 4.69) is 27.3 Å². The van der Waals surface area contributed by atoms with Crippen molar-refractivity contribution in [2.45, 2.75) is 58.4 Å². The van der Waals surface area contributed by atoms with Gasteiger partial charge in [-0.1, -0.05) is 54.8 Å². The third kappa shape index (κ3) is 4.63. The Balaban J connectivity index is 1.75. The van der Waals surface area contributed by atoms with E-state index in [1.54, 1.807) is 6.92 Å². The second-order valence-electron chi connectivity index (χ2n) is 7.34. The SMILES string of the molecule is CCCCCCc1nc(-c2ccc(-c3nnc([C@@](C)(N)CO)s3)cc2C)no1. The average Bonchev–Trinajstić information content (AvgIpc) is 3.35. The number of benzene rings is 1. The van der Waals surface area contributed by atoms with Gasteiger partial charge in [0.1, 0.15) is 10.0 Å². The van der Waals surface area contributed by atoms with Crippen LogP contribution in [0.15, 0.2) is 22.7 Å². The van der Waals surface area contributed by atoms with Crippen LogP contribution in [0.4, 0.5) is 0 Å². The van der Waals surface area contributed by atoms with E-state index < -0.39 is 5.54 Å². The molecule has 2 heterocycles. The van der Waals surface area contributed by atoms with Crippen molar-refractivity contribution >= 4 is 11.3 Å². The van der Waals surface area contributed by atoms with Crippen molar-refractivity contribution in [1.82, 2.24) is 20.3 Å². The zero-order chi connectivity index (χ0) is 20.1. The molecule has 0 spiro atoms. The van der Waals surface area contributed by atoms with Crippen LogP contribution in [0.5, 0.6) is 0 Å². The summed E-state index contributed by atoms with van der Waals surface area (Å²) in [4.78, 5) is 4.54. The number of hydrogen-bond donors (Lipinski definition) is 2. The molecule has 0 saturated carbocycles. The van der Waals surface area contributed by atoms with Gasteiger partial charge in [-0.25, -0.2) is 0 Å². The molecule has 0 bridgehead atoms. The number of nitrogens with two attached hydrogens (primary N) is 1. The summed E-state index contributed by atoms with van der Waals surface area (Å²) in [5.41, 5.74) is 8.08. The van der Waals surface area contributed by atoms with Crippen molar-refractivity contribution in [1.29, 1.82) is 0 Å². The molecule has 0 aliphatic heterocycles. The van der Waals surface area contributed by atoms with Crippen LogP contribution in [0, 0.1) is 6.92 Å². The van der Waals surface area contributed by atoms with Gasteiger partial charge in [-0.05, 0) is 31.9 Å². The Morgan fingerprint density at radius 3 is 2.75 bits per heavy atom. The van der Waals surface area contributed by atoms with Gasteiger partial charge in [-0.2, -0.15) is 4.98 Å². The topological polar surface area (TPSA) is 111 Å². The van der Waals surface area contributed by atoms with E-state index in [0.29, 0.717) is 16.7 Å². The molecule has 0 fully saturated rings. The van der Waals surface area contributed by atoms with Crippen molar-refractivity contribution in [2.75, 3.05) is 6.61 Å². The van der Waals surface area contributed by atoms with Crippen molar-refractivity contribution in [3.8, 4) is 22.0 Å². The first-order valence-corrected chi connectivity index (χ1v) is 10.4. The lowest BCUT2D eigenvalue weighted by molar-refractivity contribution is 0.209. The third-order valence-electron chi connectivity index (χ3n) is 4.67. The predicted molar refractivity (Wildman–Crippen MR) is 110 cm³/mol. The Kier molecular flexibility index (Phi) is 6.53. The Labute approximate surface area is 169 Å². The van der Waals surface area contributed by atoms with Crippen molar-refractivity contribution in [3.05, 3.63) is 34.7 Å². The number of nitrogens with zero attached hydrogens (tertiary/aromatic N) is 4. The maximum atomic E-state index is 9.41. The van der Waals surface area contributed by atoms with Crippen molar-refractivity contribution in [3.63, 3.8) is 0 Å². The van der Waals surface area contributed by atoms with Crippen LogP contribution in [0.3, 0.4) is 0 Å². The van der Waals surface area contributed by atoms with Gasteiger partial charge < -0.3 is 15.4 Å². The Hall–Kier alpha value is -2.16. The average molecular weight is 402 g/mol. The normalized spacial score (nSPS) is 13.6. The lowest BCUT2D eigenvalue weighted by Gasteiger charge is -2.16. The summed E-state index contributed by atoms with van der Waals surface area (Å²) in [7, 11) is 0. The second-order valence-corrected chi connectivity index (χ2v) is 8.32. The van der Waals surface area contributed by atoms with E-state index in [-0.39, 0.29) is 6.61 Å². The van der Waals surface area contributed by atoms with E-state index >= 15 is 0 Å². The fourth-order valence-electron chi connectivity index (χ4n) is 2.85. The van der Waals surface area contributed by atoms with Gasteiger partial charge in [0, 0.05) is 17.5 Å². The van der Waals surface area contributed by atoms with E-state index in [4.69, 9.17) is 10.3 Å². The molecule has 3 N–H and O–H groups in total. The minimum absolute atomic E-state index is 0.182. The van der Waals surface area contributed by atoms with E-state index in [1.165, 1.54) is 30.6 Å². The van der Waals surface area contributed by atoms with Crippen molar-refractivity contribution in [2.24, 2.45) is 5.73 Å². The summed E-state index contributed by atoms with van der Waals surface area (Å²) < 4.78 is 5.40. The maximum absolute atomic E-state index is 9.41. The summed E-state index contributed by atoms with van der Waals surface area (Å²) in [6.45, 7) is 5.76. The standard InChI is InChI=1S/C20H27N5O2S/c1-4-5-6-7-8-16-22-17(25-27-16)15-10-9-14(11-13(15)2)18-23-24-19(28-18)20(3,21)12-26/h9-11,26H,4-8,12,21H2,1-3H3/t20-/m0/s1. The van der Waals surface area contributed by atoms with Gasteiger partial charge in [0.2, 0.25) is 11.7 Å². The van der Waals surface area contributed by atoms with Crippen LogP contribution in [0.25, 0.3) is 22.0 Å². The van der Waals surface area contributed by atoms with E-state index in [1.807, 2.05) is 25.1 Å². The van der Waals surface area contributed by atoms with Crippen LogP contribution < -0.4 is 5.73 Å². The molecule has 0 unspecified atom stereocenters. The first kappa shape index (κ1) is 20.6. The fraction of sp³-hybridized carbons (Fsp3) is 0.500. The monoisotopic (exact) mass is 401 g/mol. The molecule has 3 aromatic rings. The molecule has 0 aliphatic rings. The largest absolute Gasteiger partial charge is 0.394 e. The lowest BCUT2D eigenvalue weighted by Crippen LogP contribution is -2.36. The lowest BCUT2D eigenvalue weighted by atomic mass is 10.0. The summed E-state index contributed by atoms with van der Waals surface area (Å²) in [5, 5.41) is 23.3. The van der Waals surface area contributed by atoms with E-state index in [9.17, 15) is 5.11 Å². The molecule has 8 heteroatoms. The highest BCUT2D eigenvalue weighted by Crippen LogP contribution is 2.31. The van der Waals surface area contributed by atoms with Gasteiger partial charge >= 0.3 is 0 Å². The summed E-state index contributed by atoms with van der Waals surface area (Å²) in [6.07, 6.45) is 5.52. The molecule has 0 aliphatic carbocycles. The quantitative estimate of drug-likeness (QED) is 0.524. The first-order chi connectivity index (χ1) is 13.4. The Morgan fingerprint density at radius 1 is 1.21 bits per heavy atom. The summed E-state index contributed by atoms with van der Waals surface area (Å²) >= 11 is 1.39. The molecule has 2 aromatic heterocycles. The first-order valence-electron chi connectivity index (χ1n) is 9.62. The third-order valence-corrected chi connectivity index (χ3v) is 5.92. The Bertz CT molecular complexity index is 919. The smallest absolute Gasteiger partial charge is 0.226 e. The predicted octanol–water partition coefficient (Wildman–Crippen LogP) is 3.85.